The molecular formula is C13H16N2O5. The van der Waals surface area contributed by atoms with Gasteiger partial charge in [-0.25, -0.2) is 4.79 Å². The molecule has 2 rings (SSSR count). The third kappa shape index (κ3) is 2.31. The summed E-state index contributed by atoms with van der Waals surface area (Å²) in [6.45, 7) is 0. The van der Waals surface area contributed by atoms with E-state index in [-0.39, 0.29) is 17.8 Å². The average Bonchev–Trinajstić information content (AvgIpc) is 2.89. The van der Waals surface area contributed by atoms with E-state index in [0.717, 1.165) is 4.57 Å². The predicted octanol–water partition coefficient (Wildman–Crippen LogP) is -0.232. The molecule has 0 aromatic carbocycles. The Labute approximate surface area is 114 Å². The molecule has 1 aliphatic carbocycles. The molecule has 7 heteroatoms. The fourth-order valence-electron chi connectivity index (χ4n) is 2.64. The Balaban J connectivity index is 2.34. The van der Waals surface area contributed by atoms with Crippen LogP contribution in [0.2, 0.25) is 0 Å². The molecule has 1 fully saturated rings. The number of hydrogen-bond donors (Lipinski definition) is 1. The smallest absolute Gasteiger partial charge is 0.330 e. The van der Waals surface area contributed by atoms with Gasteiger partial charge < -0.3 is 9.67 Å². The summed E-state index contributed by atoms with van der Waals surface area (Å²) in [5.41, 5.74) is -1.18. The van der Waals surface area contributed by atoms with Crippen molar-refractivity contribution in [1.29, 1.82) is 0 Å². The topological polar surface area (TPSA) is 98.4 Å². The highest BCUT2D eigenvalue weighted by Crippen LogP contribution is 2.32. The van der Waals surface area contributed by atoms with Crippen LogP contribution in [0.4, 0.5) is 0 Å². The largest absolute Gasteiger partial charge is 0.481 e. The van der Waals surface area contributed by atoms with Gasteiger partial charge in [-0.1, -0.05) is 0 Å². The zero-order valence-electron chi connectivity index (χ0n) is 11.3. The molecule has 7 nitrogen and oxygen atoms in total. The zero-order chi connectivity index (χ0) is 15.0. The van der Waals surface area contributed by atoms with Crippen LogP contribution in [-0.2, 0) is 18.9 Å². The maximum absolute atomic E-state index is 12.3. The Hall–Kier alpha value is -2.18. The van der Waals surface area contributed by atoms with Crippen molar-refractivity contribution >= 4 is 11.8 Å². The minimum atomic E-state index is -0.909. The van der Waals surface area contributed by atoms with Crippen molar-refractivity contribution in [2.45, 2.75) is 19.3 Å². The van der Waals surface area contributed by atoms with E-state index in [1.165, 1.54) is 24.9 Å². The highest BCUT2D eigenvalue weighted by Gasteiger charge is 2.35. The number of carboxylic acid groups (broad SMARTS) is 1. The van der Waals surface area contributed by atoms with Crippen LogP contribution in [0.1, 0.15) is 29.6 Å². The summed E-state index contributed by atoms with van der Waals surface area (Å²) < 4.78 is 2.06. The third-order valence-corrected chi connectivity index (χ3v) is 3.86. The molecule has 1 aliphatic rings. The Kier molecular flexibility index (Phi) is 3.61. The third-order valence-electron chi connectivity index (χ3n) is 3.86. The number of aryl methyl sites for hydroxylation is 1. The first-order chi connectivity index (χ1) is 9.32. The fourth-order valence-corrected chi connectivity index (χ4v) is 2.64. The number of carboxylic acids is 1. The SMILES string of the molecule is Cn1cc(C(=O)C2CCC(C(=O)O)C2)c(=O)n(C)c1=O. The molecule has 1 N–H and O–H groups in total. The first-order valence-corrected chi connectivity index (χ1v) is 6.36. The van der Waals surface area contributed by atoms with Gasteiger partial charge in [-0.2, -0.15) is 0 Å². The number of carbonyl (C=O) groups is 2. The van der Waals surface area contributed by atoms with Crippen molar-refractivity contribution in [2.24, 2.45) is 25.9 Å². The molecule has 1 aromatic rings. The van der Waals surface area contributed by atoms with Crippen LogP contribution in [0.3, 0.4) is 0 Å². The molecule has 20 heavy (non-hydrogen) atoms. The van der Waals surface area contributed by atoms with Crippen molar-refractivity contribution in [2.75, 3.05) is 0 Å². The van der Waals surface area contributed by atoms with E-state index in [9.17, 15) is 19.2 Å². The normalized spacial score (nSPS) is 21.9. The number of hydrogen-bond acceptors (Lipinski definition) is 4. The second-order valence-electron chi connectivity index (χ2n) is 5.21. The zero-order valence-corrected chi connectivity index (χ0v) is 11.3. The second-order valence-corrected chi connectivity index (χ2v) is 5.21. The standard InChI is InChI=1S/C13H16N2O5/c1-14-6-9(11(17)15(2)13(14)20)10(16)7-3-4-8(5-7)12(18)19/h6-8H,3-5H2,1-2H3,(H,18,19). The fraction of sp³-hybridized carbons (Fsp3) is 0.538. The Bertz CT molecular complexity index is 685. The van der Waals surface area contributed by atoms with Crippen molar-refractivity contribution < 1.29 is 14.7 Å². The molecule has 2 atom stereocenters. The van der Waals surface area contributed by atoms with E-state index in [1.54, 1.807) is 0 Å². The van der Waals surface area contributed by atoms with Crippen molar-refractivity contribution in [3.63, 3.8) is 0 Å². The number of ketones is 1. The van der Waals surface area contributed by atoms with Crippen molar-refractivity contribution in [1.82, 2.24) is 9.13 Å². The minimum Gasteiger partial charge on any atom is -0.481 e. The van der Waals surface area contributed by atoms with Gasteiger partial charge in [0, 0.05) is 26.2 Å². The monoisotopic (exact) mass is 280 g/mol. The van der Waals surface area contributed by atoms with E-state index < -0.39 is 29.1 Å². The maximum atomic E-state index is 12.3. The van der Waals surface area contributed by atoms with E-state index in [0.29, 0.717) is 12.8 Å². The molecule has 0 amide bonds. The van der Waals surface area contributed by atoms with Crippen LogP contribution in [0.5, 0.6) is 0 Å². The summed E-state index contributed by atoms with van der Waals surface area (Å²) in [5.74, 6) is -2.26. The number of Topliss-reactive ketones (excluding diaryl/α,β-unsaturated/α-hetero) is 1. The van der Waals surface area contributed by atoms with Gasteiger partial charge in [-0.05, 0) is 19.3 Å². The van der Waals surface area contributed by atoms with Gasteiger partial charge in [0.05, 0.1) is 11.5 Å². The molecule has 0 bridgehead atoms. The average molecular weight is 280 g/mol. The lowest BCUT2D eigenvalue weighted by Crippen LogP contribution is -2.40. The quantitative estimate of drug-likeness (QED) is 0.771. The van der Waals surface area contributed by atoms with Crippen LogP contribution in [0.25, 0.3) is 0 Å². The summed E-state index contributed by atoms with van der Waals surface area (Å²) in [5, 5.41) is 8.94. The Morgan fingerprint density at radius 2 is 1.80 bits per heavy atom. The molecule has 0 aliphatic heterocycles. The van der Waals surface area contributed by atoms with Crippen LogP contribution in [-0.4, -0.2) is 26.0 Å². The van der Waals surface area contributed by atoms with Gasteiger partial charge in [0.2, 0.25) is 0 Å². The Morgan fingerprint density at radius 1 is 1.20 bits per heavy atom. The number of nitrogens with zero attached hydrogens (tertiary/aromatic N) is 2. The molecule has 108 valence electrons. The van der Waals surface area contributed by atoms with E-state index in [2.05, 4.69) is 0 Å². The number of rotatable bonds is 3. The van der Waals surface area contributed by atoms with Crippen LogP contribution in [0.15, 0.2) is 15.8 Å². The van der Waals surface area contributed by atoms with Gasteiger partial charge in [0.15, 0.2) is 5.78 Å². The van der Waals surface area contributed by atoms with E-state index in [1.807, 2.05) is 0 Å². The van der Waals surface area contributed by atoms with Gasteiger partial charge in [-0.15, -0.1) is 0 Å². The summed E-state index contributed by atoms with van der Waals surface area (Å²) in [6, 6.07) is 0. The number of carbonyl (C=O) groups excluding carboxylic acids is 1. The lowest BCUT2D eigenvalue weighted by atomic mass is 9.96. The van der Waals surface area contributed by atoms with Crippen LogP contribution in [0, 0.1) is 11.8 Å². The first-order valence-electron chi connectivity index (χ1n) is 6.36. The highest BCUT2D eigenvalue weighted by molar-refractivity contribution is 5.97. The second kappa shape index (κ2) is 5.07. The molecule has 2 unspecified atom stereocenters. The highest BCUT2D eigenvalue weighted by atomic mass is 16.4. The lowest BCUT2D eigenvalue weighted by molar-refractivity contribution is -0.141. The summed E-state index contributed by atoms with van der Waals surface area (Å²) >= 11 is 0. The molecule has 0 radical (unpaired) electrons. The van der Waals surface area contributed by atoms with Crippen LogP contribution >= 0.6 is 0 Å². The van der Waals surface area contributed by atoms with Gasteiger partial charge in [0.25, 0.3) is 5.56 Å². The van der Waals surface area contributed by atoms with Gasteiger partial charge >= 0.3 is 11.7 Å². The maximum Gasteiger partial charge on any atom is 0.330 e. The van der Waals surface area contributed by atoms with Gasteiger partial charge in [0.1, 0.15) is 0 Å². The summed E-state index contributed by atoms with van der Waals surface area (Å²) in [7, 11) is 2.78. The number of aromatic nitrogens is 2. The summed E-state index contributed by atoms with van der Waals surface area (Å²) in [4.78, 5) is 46.8. The molecule has 1 heterocycles. The van der Waals surface area contributed by atoms with Crippen molar-refractivity contribution in [3.05, 3.63) is 32.6 Å². The van der Waals surface area contributed by atoms with Crippen LogP contribution < -0.4 is 11.2 Å². The Morgan fingerprint density at radius 3 is 2.35 bits per heavy atom. The summed E-state index contributed by atoms with van der Waals surface area (Å²) in [6.07, 6.45) is 2.39. The predicted molar refractivity (Wildman–Crippen MR) is 69.7 cm³/mol. The first kappa shape index (κ1) is 14.2. The van der Waals surface area contributed by atoms with Gasteiger partial charge in [-0.3, -0.25) is 19.0 Å². The molecular weight excluding hydrogens is 264 g/mol. The van der Waals surface area contributed by atoms with Crippen molar-refractivity contribution in [3.8, 4) is 0 Å². The molecule has 0 spiro atoms. The molecule has 1 saturated carbocycles. The van der Waals surface area contributed by atoms with E-state index in [4.69, 9.17) is 5.11 Å². The lowest BCUT2D eigenvalue weighted by Gasteiger charge is -2.10. The minimum absolute atomic E-state index is 0.0503. The molecule has 1 aromatic heterocycles. The molecule has 0 saturated heterocycles. The van der Waals surface area contributed by atoms with E-state index >= 15 is 0 Å². The number of aliphatic carboxylic acids is 1.